The molecule has 3 aromatic heterocycles. The van der Waals surface area contributed by atoms with E-state index in [1.165, 1.54) is 60.9 Å². The van der Waals surface area contributed by atoms with Gasteiger partial charge in [0.1, 0.15) is 11.2 Å². The third-order valence-corrected chi connectivity index (χ3v) is 11.7. The summed E-state index contributed by atoms with van der Waals surface area (Å²) in [5.74, 6) is 1.84. The Morgan fingerprint density at radius 3 is 2.14 bits per heavy atom. The fourth-order valence-corrected chi connectivity index (χ4v) is 9.02. The molecule has 0 N–H and O–H groups in total. The molecule has 0 spiro atoms. The number of hydrogen-bond acceptors (Lipinski definition) is 4. The second kappa shape index (κ2) is 13.0. The molecular weight excluding hydrogens is 709 g/mol. The zero-order chi connectivity index (χ0) is 38.2. The Kier molecular flexibility index (Phi) is 7.29. The van der Waals surface area contributed by atoms with Crippen molar-refractivity contribution in [1.29, 1.82) is 0 Å². The summed E-state index contributed by atoms with van der Waals surface area (Å²) < 4.78 is 8.88. The lowest BCUT2D eigenvalue weighted by atomic mass is 9.95. The van der Waals surface area contributed by atoms with Gasteiger partial charge in [-0.2, -0.15) is 0 Å². The van der Waals surface area contributed by atoms with E-state index >= 15 is 0 Å². The number of para-hydroxylation sites is 3. The van der Waals surface area contributed by atoms with E-state index in [9.17, 15) is 0 Å². The second-order valence-electron chi connectivity index (χ2n) is 15.1. The fourth-order valence-electron chi connectivity index (χ4n) is 9.02. The minimum absolute atomic E-state index is 0.580. The molecule has 3 heterocycles. The molecule has 5 heteroatoms. The summed E-state index contributed by atoms with van der Waals surface area (Å²) in [6, 6.07) is 53.6. The van der Waals surface area contributed by atoms with Crippen molar-refractivity contribution in [2.24, 2.45) is 0 Å². The topological polar surface area (TPSA) is 56.7 Å². The Morgan fingerprint density at radius 1 is 0.483 bits per heavy atom. The molecule has 0 aliphatic heterocycles. The van der Waals surface area contributed by atoms with Crippen molar-refractivity contribution >= 4 is 49.4 Å². The summed E-state index contributed by atoms with van der Waals surface area (Å²) >= 11 is 0. The largest absolute Gasteiger partial charge is 0.455 e. The van der Waals surface area contributed by atoms with Crippen LogP contribution in [-0.2, 0) is 6.42 Å². The van der Waals surface area contributed by atoms with Crippen LogP contribution in [0.5, 0.6) is 0 Å². The first-order chi connectivity index (χ1) is 28.7. The number of aromatic nitrogens is 4. The van der Waals surface area contributed by atoms with E-state index in [2.05, 4.69) is 144 Å². The lowest BCUT2D eigenvalue weighted by molar-refractivity contribution is 0.669. The van der Waals surface area contributed by atoms with Gasteiger partial charge < -0.3 is 8.98 Å². The summed E-state index contributed by atoms with van der Waals surface area (Å²) in [5.41, 5.74) is 15.3. The molecule has 0 atom stereocenters. The molecule has 12 rings (SSSR count). The van der Waals surface area contributed by atoms with Crippen LogP contribution < -0.4 is 0 Å². The maximum absolute atomic E-state index is 6.48. The van der Waals surface area contributed by atoms with E-state index in [0.29, 0.717) is 17.5 Å². The predicted octanol–water partition coefficient (Wildman–Crippen LogP) is 13.5. The minimum atomic E-state index is 0.580. The van der Waals surface area contributed by atoms with Gasteiger partial charge in [0.05, 0.1) is 16.6 Å². The van der Waals surface area contributed by atoms with Crippen LogP contribution in [0.2, 0.25) is 0 Å². The normalized spacial score (nSPS) is 13.3. The first kappa shape index (κ1) is 32.6. The zero-order valence-electron chi connectivity index (χ0n) is 31.4. The molecule has 0 amide bonds. The number of furan rings is 1. The van der Waals surface area contributed by atoms with Crippen molar-refractivity contribution in [3.63, 3.8) is 0 Å². The van der Waals surface area contributed by atoms with Gasteiger partial charge in [0, 0.05) is 38.4 Å². The lowest BCUT2D eigenvalue weighted by Crippen LogP contribution is -2.01. The standard InChI is InChI=1S/C53H34N4O/c1-2-7-18-38(17-6-1)57-46-24-10-8-19-39(46)45-32-35(28-29-47(45)57)34-26-27-36-30-37-16-12-22-42(49(37)44(36)31-34)52-54-51(33-14-4-3-5-15-33)55-53(56-52)43-23-13-21-41-40-20-9-11-25-48(40)58-50(41)43/h1-6,8-29,31-32H,7,30H2. The van der Waals surface area contributed by atoms with E-state index in [1.54, 1.807) is 0 Å². The van der Waals surface area contributed by atoms with Crippen molar-refractivity contribution in [2.75, 3.05) is 0 Å². The number of nitrogens with zero attached hydrogens (tertiary/aromatic N) is 4. The first-order valence-corrected chi connectivity index (χ1v) is 19.8. The van der Waals surface area contributed by atoms with E-state index < -0.39 is 0 Å². The van der Waals surface area contributed by atoms with Crippen LogP contribution >= 0.6 is 0 Å². The van der Waals surface area contributed by atoms with Crippen LogP contribution in [-0.4, -0.2) is 19.5 Å². The van der Waals surface area contributed by atoms with Gasteiger partial charge in [0.25, 0.3) is 0 Å². The van der Waals surface area contributed by atoms with Crippen LogP contribution in [0, 0.1) is 0 Å². The van der Waals surface area contributed by atoms with E-state index in [1.807, 2.05) is 42.5 Å². The summed E-state index contributed by atoms with van der Waals surface area (Å²) in [4.78, 5) is 15.6. The summed E-state index contributed by atoms with van der Waals surface area (Å²) in [6.45, 7) is 0. The Balaban J connectivity index is 1.02. The molecule has 7 aromatic carbocycles. The number of allylic oxidation sites excluding steroid dienone is 6. The fraction of sp³-hybridized carbons (Fsp3) is 0.0377. The minimum Gasteiger partial charge on any atom is -0.455 e. The average molecular weight is 743 g/mol. The van der Waals surface area contributed by atoms with Crippen LogP contribution in [0.4, 0.5) is 0 Å². The molecule has 0 saturated heterocycles. The highest BCUT2D eigenvalue weighted by Gasteiger charge is 2.26. The molecule has 2 aliphatic rings. The Bertz CT molecular complexity index is 3400. The molecule has 5 nitrogen and oxygen atoms in total. The first-order valence-electron chi connectivity index (χ1n) is 19.8. The highest BCUT2D eigenvalue weighted by molar-refractivity contribution is 6.12. The average Bonchev–Trinajstić information content (AvgIpc) is 3.88. The highest BCUT2D eigenvalue weighted by atomic mass is 16.3. The molecule has 0 saturated carbocycles. The van der Waals surface area contributed by atoms with E-state index in [4.69, 9.17) is 19.4 Å². The summed E-state index contributed by atoms with van der Waals surface area (Å²) in [7, 11) is 0. The van der Waals surface area contributed by atoms with Gasteiger partial charge in [-0.1, -0.05) is 140 Å². The van der Waals surface area contributed by atoms with Crippen molar-refractivity contribution in [2.45, 2.75) is 12.8 Å². The van der Waals surface area contributed by atoms with Gasteiger partial charge in [-0.3, -0.25) is 0 Å². The van der Waals surface area contributed by atoms with Gasteiger partial charge in [-0.25, -0.2) is 15.0 Å². The maximum Gasteiger partial charge on any atom is 0.167 e. The third-order valence-electron chi connectivity index (χ3n) is 11.7. The number of fused-ring (bicyclic) bond motifs is 9. The van der Waals surface area contributed by atoms with Crippen molar-refractivity contribution in [3.05, 3.63) is 193 Å². The van der Waals surface area contributed by atoms with E-state index in [-0.39, 0.29) is 0 Å². The monoisotopic (exact) mass is 742 g/mol. The van der Waals surface area contributed by atoms with E-state index in [0.717, 1.165) is 51.5 Å². The van der Waals surface area contributed by atoms with Crippen LogP contribution in [0.3, 0.4) is 0 Å². The Labute approximate surface area is 334 Å². The third kappa shape index (κ3) is 5.14. The zero-order valence-corrected chi connectivity index (χ0v) is 31.4. The molecule has 0 bridgehead atoms. The lowest BCUT2D eigenvalue weighted by Gasteiger charge is -2.13. The van der Waals surface area contributed by atoms with Gasteiger partial charge >= 0.3 is 0 Å². The van der Waals surface area contributed by atoms with Gasteiger partial charge in [0.2, 0.25) is 0 Å². The smallest absolute Gasteiger partial charge is 0.167 e. The van der Waals surface area contributed by atoms with Crippen LogP contribution in [0.15, 0.2) is 186 Å². The Hall–Kier alpha value is -7.63. The quantitative estimate of drug-likeness (QED) is 0.176. The van der Waals surface area contributed by atoms with Gasteiger partial charge in [0.15, 0.2) is 17.5 Å². The number of benzene rings is 7. The Morgan fingerprint density at radius 2 is 1.21 bits per heavy atom. The molecule has 2 aliphatic carbocycles. The molecule has 10 aromatic rings. The van der Waals surface area contributed by atoms with Crippen LogP contribution in [0.25, 0.3) is 106 Å². The molecule has 272 valence electrons. The van der Waals surface area contributed by atoms with Crippen molar-refractivity contribution in [1.82, 2.24) is 19.5 Å². The molecule has 0 unspecified atom stereocenters. The molecule has 58 heavy (non-hydrogen) atoms. The van der Waals surface area contributed by atoms with Crippen molar-refractivity contribution in [3.8, 4) is 56.4 Å². The molecule has 0 radical (unpaired) electrons. The van der Waals surface area contributed by atoms with Crippen LogP contribution in [0.1, 0.15) is 17.5 Å². The number of hydrogen-bond donors (Lipinski definition) is 0. The highest BCUT2D eigenvalue weighted by Crippen LogP contribution is 2.45. The molecule has 0 fully saturated rings. The summed E-state index contributed by atoms with van der Waals surface area (Å²) in [5, 5.41) is 4.60. The molecular formula is C53H34N4O. The predicted molar refractivity (Wildman–Crippen MR) is 237 cm³/mol. The summed E-state index contributed by atoms with van der Waals surface area (Å²) in [6.07, 6.45) is 12.7. The van der Waals surface area contributed by atoms with Crippen molar-refractivity contribution < 1.29 is 4.42 Å². The second-order valence-corrected chi connectivity index (χ2v) is 15.1. The van der Waals surface area contributed by atoms with Gasteiger partial charge in [-0.05, 0) is 88.7 Å². The van der Waals surface area contributed by atoms with Gasteiger partial charge in [-0.15, -0.1) is 0 Å². The number of rotatable bonds is 5. The SMILES string of the molecule is C1=CCC=C(n2c3ccccc3c3cc(-c4ccc5c(c4)-c4c(cccc4-c4nc(-c6ccccc6)nc(-c6cccc7c6oc6ccccc67)n4)C5)ccc32)C=C1. The maximum atomic E-state index is 6.48.